The second kappa shape index (κ2) is 5.68. The highest BCUT2D eigenvalue weighted by atomic mass is 16.4. The van der Waals surface area contributed by atoms with E-state index in [-0.39, 0.29) is 23.7 Å². The fraction of sp³-hybridized carbons (Fsp3) is 0.143. The van der Waals surface area contributed by atoms with Gasteiger partial charge in [-0.25, -0.2) is 4.98 Å². The number of aromatic nitrogens is 4. The smallest absolute Gasteiger partial charge is 0.322 e. The zero-order chi connectivity index (χ0) is 15.5. The van der Waals surface area contributed by atoms with E-state index in [2.05, 4.69) is 20.3 Å². The molecule has 0 saturated carbocycles. The second-order valence-electron chi connectivity index (χ2n) is 4.69. The number of H-pyrrole nitrogens is 1. The zero-order valence-electron chi connectivity index (χ0n) is 11.5. The molecule has 1 aromatic carbocycles. The molecule has 112 valence electrons. The Hall–Kier alpha value is -3.16. The van der Waals surface area contributed by atoms with E-state index in [9.17, 15) is 9.59 Å². The summed E-state index contributed by atoms with van der Waals surface area (Å²) in [5.74, 6) is -0.956. The largest absolute Gasteiger partial charge is 0.480 e. The Bertz CT molecular complexity index is 869. The standard InChI is InChI=1S/C14H13N5O3/c20-10(21)6-15-14-17-12-11(13(22)18-14)19(8-16-12)7-9-4-2-1-3-5-9/h1-5,8H,6-7H2,(H,20,21)(H2,15,17,18,22). The lowest BCUT2D eigenvalue weighted by molar-refractivity contribution is -0.134. The summed E-state index contributed by atoms with van der Waals surface area (Å²) in [4.78, 5) is 33.4. The van der Waals surface area contributed by atoms with Gasteiger partial charge in [0.2, 0.25) is 5.95 Å². The number of hydrogen-bond donors (Lipinski definition) is 3. The topological polar surface area (TPSA) is 113 Å². The SMILES string of the molecule is O=C(O)CNc1nc2ncn(Cc3ccccc3)c2c(=O)[nH]1. The summed E-state index contributed by atoms with van der Waals surface area (Å²) in [5, 5.41) is 11.1. The summed E-state index contributed by atoms with van der Waals surface area (Å²) in [6.45, 7) is 0.170. The van der Waals surface area contributed by atoms with Gasteiger partial charge >= 0.3 is 5.97 Å². The van der Waals surface area contributed by atoms with Crippen molar-refractivity contribution in [2.45, 2.75) is 6.54 Å². The summed E-state index contributed by atoms with van der Waals surface area (Å²) in [7, 11) is 0. The maximum absolute atomic E-state index is 12.2. The van der Waals surface area contributed by atoms with Gasteiger partial charge in [0.15, 0.2) is 11.2 Å². The number of rotatable bonds is 5. The molecule has 0 unspecified atom stereocenters. The van der Waals surface area contributed by atoms with E-state index < -0.39 is 5.97 Å². The first kappa shape index (κ1) is 13.8. The van der Waals surface area contributed by atoms with E-state index in [1.165, 1.54) is 0 Å². The summed E-state index contributed by atoms with van der Waals surface area (Å²) in [5.41, 5.74) is 1.29. The molecule has 3 N–H and O–H groups in total. The first-order valence-electron chi connectivity index (χ1n) is 6.58. The molecule has 0 saturated heterocycles. The zero-order valence-corrected chi connectivity index (χ0v) is 11.5. The second-order valence-corrected chi connectivity index (χ2v) is 4.69. The maximum Gasteiger partial charge on any atom is 0.322 e. The van der Waals surface area contributed by atoms with Gasteiger partial charge in [0.1, 0.15) is 6.54 Å². The molecule has 0 aliphatic carbocycles. The van der Waals surface area contributed by atoms with Crippen molar-refractivity contribution in [3.63, 3.8) is 0 Å². The fourth-order valence-electron chi connectivity index (χ4n) is 2.13. The highest BCUT2D eigenvalue weighted by molar-refractivity contribution is 5.74. The number of carboxylic acids is 1. The predicted octanol–water partition coefficient (Wildman–Crippen LogP) is 0.664. The number of aromatic amines is 1. The van der Waals surface area contributed by atoms with Crippen LogP contribution in [0.25, 0.3) is 11.2 Å². The van der Waals surface area contributed by atoms with Crippen molar-refractivity contribution in [3.05, 3.63) is 52.6 Å². The quantitative estimate of drug-likeness (QED) is 0.638. The Balaban J connectivity index is 1.94. The van der Waals surface area contributed by atoms with Gasteiger partial charge < -0.3 is 15.0 Å². The van der Waals surface area contributed by atoms with E-state index in [4.69, 9.17) is 5.11 Å². The number of benzene rings is 1. The molecule has 8 heteroatoms. The van der Waals surface area contributed by atoms with Gasteiger partial charge in [-0.2, -0.15) is 4.98 Å². The molecule has 0 amide bonds. The van der Waals surface area contributed by atoms with Gasteiger partial charge in [-0.1, -0.05) is 30.3 Å². The average Bonchev–Trinajstić information content (AvgIpc) is 2.90. The van der Waals surface area contributed by atoms with Crippen molar-refractivity contribution in [1.82, 2.24) is 19.5 Å². The molecule has 0 fully saturated rings. The van der Waals surface area contributed by atoms with Crippen LogP contribution in [0.3, 0.4) is 0 Å². The predicted molar refractivity (Wildman–Crippen MR) is 79.8 cm³/mol. The van der Waals surface area contributed by atoms with Gasteiger partial charge in [0.05, 0.1) is 6.33 Å². The molecule has 0 aliphatic rings. The first-order chi connectivity index (χ1) is 10.6. The number of carboxylic acid groups (broad SMARTS) is 1. The number of imidazole rings is 1. The molecule has 0 radical (unpaired) electrons. The van der Waals surface area contributed by atoms with E-state index in [1.54, 1.807) is 10.9 Å². The molecule has 3 rings (SSSR count). The van der Waals surface area contributed by atoms with Crippen LogP contribution in [0, 0.1) is 0 Å². The molecular weight excluding hydrogens is 286 g/mol. The van der Waals surface area contributed by atoms with Gasteiger partial charge in [-0.3, -0.25) is 14.6 Å². The number of nitrogens with zero attached hydrogens (tertiary/aromatic N) is 3. The minimum atomic E-state index is -1.04. The summed E-state index contributed by atoms with van der Waals surface area (Å²) in [6, 6.07) is 9.67. The van der Waals surface area contributed by atoms with Gasteiger partial charge in [0.25, 0.3) is 5.56 Å². The van der Waals surface area contributed by atoms with Crippen molar-refractivity contribution in [3.8, 4) is 0 Å². The number of anilines is 1. The van der Waals surface area contributed by atoms with E-state index >= 15 is 0 Å². The number of fused-ring (bicyclic) bond motifs is 1. The first-order valence-corrected chi connectivity index (χ1v) is 6.58. The van der Waals surface area contributed by atoms with Crippen LogP contribution in [0.4, 0.5) is 5.95 Å². The van der Waals surface area contributed by atoms with Crippen molar-refractivity contribution in [2.75, 3.05) is 11.9 Å². The molecule has 22 heavy (non-hydrogen) atoms. The van der Waals surface area contributed by atoms with Crippen molar-refractivity contribution in [2.24, 2.45) is 0 Å². The van der Waals surface area contributed by atoms with Gasteiger partial charge in [-0.05, 0) is 5.56 Å². The molecule has 0 atom stereocenters. The third-order valence-electron chi connectivity index (χ3n) is 3.09. The lowest BCUT2D eigenvalue weighted by Crippen LogP contribution is -2.19. The van der Waals surface area contributed by atoms with Gasteiger partial charge in [0, 0.05) is 6.54 Å². The Kier molecular flexibility index (Phi) is 3.57. The fourth-order valence-corrected chi connectivity index (χ4v) is 2.13. The molecule has 2 aromatic heterocycles. The normalized spacial score (nSPS) is 10.7. The third kappa shape index (κ3) is 2.80. The molecule has 2 heterocycles. The van der Waals surface area contributed by atoms with Crippen LogP contribution < -0.4 is 10.9 Å². The van der Waals surface area contributed by atoms with Crippen LogP contribution >= 0.6 is 0 Å². The molecule has 0 spiro atoms. The van der Waals surface area contributed by atoms with E-state index in [0.29, 0.717) is 12.1 Å². The average molecular weight is 299 g/mol. The molecule has 8 nitrogen and oxygen atoms in total. The van der Waals surface area contributed by atoms with Crippen molar-refractivity contribution >= 4 is 23.1 Å². The van der Waals surface area contributed by atoms with Gasteiger partial charge in [-0.15, -0.1) is 0 Å². The number of hydrogen-bond acceptors (Lipinski definition) is 5. The van der Waals surface area contributed by atoms with E-state index in [0.717, 1.165) is 5.56 Å². The Morgan fingerprint density at radius 1 is 1.32 bits per heavy atom. The molecule has 0 aliphatic heterocycles. The van der Waals surface area contributed by atoms with Crippen LogP contribution in [-0.2, 0) is 11.3 Å². The highest BCUT2D eigenvalue weighted by Gasteiger charge is 2.11. The number of nitrogens with one attached hydrogen (secondary N) is 2. The van der Waals surface area contributed by atoms with Crippen molar-refractivity contribution < 1.29 is 9.90 Å². The summed E-state index contributed by atoms with van der Waals surface area (Å²) in [6.07, 6.45) is 1.54. The van der Waals surface area contributed by atoms with E-state index in [1.807, 2.05) is 30.3 Å². The molecular formula is C14H13N5O3. The lowest BCUT2D eigenvalue weighted by atomic mass is 10.2. The van der Waals surface area contributed by atoms with Crippen LogP contribution in [0.2, 0.25) is 0 Å². The molecule has 0 bridgehead atoms. The van der Waals surface area contributed by atoms with Crippen LogP contribution in [0.1, 0.15) is 5.56 Å². The van der Waals surface area contributed by atoms with Crippen LogP contribution in [0.15, 0.2) is 41.5 Å². The van der Waals surface area contributed by atoms with Crippen LogP contribution in [-0.4, -0.2) is 37.1 Å². The minimum absolute atomic E-state index is 0.0878. The minimum Gasteiger partial charge on any atom is -0.480 e. The Labute approximate surface area is 124 Å². The third-order valence-corrected chi connectivity index (χ3v) is 3.09. The lowest BCUT2D eigenvalue weighted by Gasteiger charge is -2.05. The maximum atomic E-state index is 12.2. The Morgan fingerprint density at radius 2 is 2.09 bits per heavy atom. The monoisotopic (exact) mass is 299 g/mol. The Morgan fingerprint density at radius 3 is 2.82 bits per heavy atom. The number of carbonyl (C=O) groups is 1. The summed E-state index contributed by atoms with van der Waals surface area (Å²) < 4.78 is 1.71. The van der Waals surface area contributed by atoms with Crippen molar-refractivity contribution in [1.29, 1.82) is 0 Å². The highest BCUT2D eigenvalue weighted by Crippen LogP contribution is 2.10. The summed E-state index contributed by atoms with van der Waals surface area (Å²) >= 11 is 0. The molecule has 3 aromatic rings. The van der Waals surface area contributed by atoms with Crippen LogP contribution in [0.5, 0.6) is 0 Å². The number of aliphatic carboxylic acids is 1.